The lowest BCUT2D eigenvalue weighted by Crippen LogP contribution is -2.47. The van der Waals surface area contributed by atoms with E-state index in [1.165, 1.54) is 5.56 Å². The van der Waals surface area contributed by atoms with Crippen LogP contribution in [0.3, 0.4) is 0 Å². The highest BCUT2D eigenvalue weighted by molar-refractivity contribution is 5.97. The van der Waals surface area contributed by atoms with Crippen LogP contribution in [0, 0.1) is 0 Å². The van der Waals surface area contributed by atoms with E-state index >= 15 is 0 Å². The Morgan fingerprint density at radius 1 is 1.22 bits per heavy atom. The number of nitrogens with zero attached hydrogens (tertiary/aromatic N) is 3. The van der Waals surface area contributed by atoms with Crippen molar-refractivity contribution in [1.82, 2.24) is 14.5 Å². The van der Waals surface area contributed by atoms with Crippen LogP contribution >= 0.6 is 0 Å². The molecule has 5 heteroatoms. The van der Waals surface area contributed by atoms with E-state index in [-0.39, 0.29) is 17.9 Å². The fourth-order valence-electron chi connectivity index (χ4n) is 4.15. The molecule has 0 spiro atoms. The standard InChI is InChI=1S/C22H25N3O2/c1-22(18-6-3-2-4-7-18)10-5-11-24(15-22)21(27)17-8-9-20-19(14-17)23-16-25(20)12-13-26/h2-4,6-9,14,16,26H,5,10-13,15H2,1H3. The molecule has 3 aromatic rings. The highest BCUT2D eigenvalue weighted by Gasteiger charge is 2.34. The van der Waals surface area contributed by atoms with Crippen LogP contribution < -0.4 is 0 Å². The molecule has 2 aromatic carbocycles. The summed E-state index contributed by atoms with van der Waals surface area (Å²) in [5.41, 5.74) is 3.68. The second-order valence-corrected chi connectivity index (χ2v) is 7.62. The topological polar surface area (TPSA) is 58.4 Å². The molecule has 1 aliphatic heterocycles. The summed E-state index contributed by atoms with van der Waals surface area (Å²) in [6.07, 6.45) is 3.80. The quantitative estimate of drug-likeness (QED) is 0.774. The average molecular weight is 363 g/mol. The number of aliphatic hydroxyl groups excluding tert-OH is 1. The van der Waals surface area contributed by atoms with E-state index in [0.29, 0.717) is 12.1 Å². The van der Waals surface area contributed by atoms with Crippen LogP contribution in [0.25, 0.3) is 11.0 Å². The number of piperidine rings is 1. The number of aliphatic hydroxyl groups is 1. The Bertz CT molecular complexity index is 951. The first-order valence-electron chi connectivity index (χ1n) is 9.51. The molecule has 2 heterocycles. The molecule has 1 amide bonds. The van der Waals surface area contributed by atoms with E-state index in [9.17, 15) is 4.79 Å². The molecule has 0 radical (unpaired) electrons. The molecule has 1 unspecified atom stereocenters. The normalized spacial score (nSPS) is 20.1. The van der Waals surface area contributed by atoms with Gasteiger partial charge in [-0.05, 0) is 36.6 Å². The third kappa shape index (κ3) is 3.35. The summed E-state index contributed by atoms with van der Waals surface area (Å²) in [6, 6.07) is 16.1. The van der Waals surface area contributed by atoms with E-state index in [0.717, 1.165) is 37.0 Å². The van der Waals surface area contributed by atoms with Crippen molar-refractivity contribution < 1.29 is 9.90 Å². The molecule has 140 valence electrons. The lowest BCUT2D eigenvalue weighted by atomic mass is 9.76. The molecule has 1 atom stereocenters. The lowest BCUT2D eigenvalue weighted by Gasteiger charge is -2.41. The van der Waals surface area contributed by atoms with Crippen molar-refractivity contribution in [2.75, 3.05) is 19.7 Å². The fraction of sp³-hybridized carbons (Fsp3) is 0.364. The highest BCUT2D eigenvalue weighted by atomic mass is 16.3. The Morgan fingerprint density at radius 3 is 2.81 bits per heavy atom. The van der Waals surface area contributed by atoms with Crippen LogP contribution in [0.4, 0.5) is 0 Å². The number of rotatable bonds is 4. The van der Waals surface area contributed by atoms with Gasteiger partial charge in [0.25, 0.3) is 5.91 Å². The van der Waals surface area contributed by atoms with Crippen molar-refractivity contribution >= 4 is 16.9 Å². The maximum absolute atomic E-state index is 13.1. The fourth-order valence-corrected chi connectivity index (χ4v) is 4.15. The number of hydrogen-bond acceptors (Lipinski definition) is 3. The number of fused-ring (bicyclic) bond motifs is 1. The number of amides is 1. The van der Waals surface area contributed by atoms with Gasteiger partial charge in [0.2, 0.25) is 0 Å². The molecule has 0 bridgehead atoms. The summed E-state index contributed by atoms with van der Waals surface area (Å²) >= 11 is 0. The van der Waals surface area contributed by atoms with Crippen molar-refractivity contribution in [3.05, 3.63) is 66.0 Å². The van der Waals surface area contributed by atoms with Gasteiger partial charge in [0.05, 0.1) is 24.0 Å². The van der Waals surface area contributed by atoms with Crippen molar-refractivity contribution in [3.63, 3.8) is 0 Å². The predicted molar refractivity (Wildman–Crippen MR) is 106 cm³/mol. The van der Waals surface area contributed by atoms with Crippen LogP contribution in [0.15, 0.2) is 54.9 Å². The maximum Gasteiger partial charge on any atom is 0.253 e. The van der Waals surface area contributed by atoms with Gasteiger partial charge in [-0.15, -0.1) is 0 Å². The molecule has 1 N–H and O–H groups in total. The molecule has 4 rings (SSSR count). The number of hydrogen-bond donors (Lipinski definition) is 1. The monoisotopic (exact) mass is 363 g/mol. The lowest BCUT2D eigenvalue weighted by molar-refractivity contribution is 0.0651. The zero-order chi connectivity index (χ0) is 18.9. The molecular weight excluding hydrogens is 338 g/mol. The minimum absolute atomic E-state index is 0.0119. The zero-order valence-electron chi connectivity index (χ0n) is 15.6. The number of carbonyl (C=O) groups excluding carboxylic acids is 1. The molecule has 1 aliphatic rings. The Hall–Kier alpha value is -2.66. The van der Waals surface area contributed by atoms with E-state index in [1.807, 2.05) is 33.7 Å². The molecule has 1 aromatic heterocycles. The summed E-state index contributed by atoms with van der Waals surface area (Å²) in [6.45, 7) is 4.34. The summed E-state index contributed by atoms with van der Waals surface area (Å²) in [5.74, 6) is 0.0652. The summed E-state index contributed by atoms with van der Waals surface area (Å²) < 4.78 is 1.90. The maximum atomic E-state index is 13.1. The summed E-state index contributed by atoms with van der Waals surface area (Å²) in [7, 11) is 0. The van der Waals surface area contributed by atoms with Gasteiger partial charge >= 0.3 is 0 Å². The van der Waals surface area contributed by atoms with Crippen molar-refractivity contribution in [3.8, 4) is 0 Å². The Balaban J connectivity index is 1.58. The van der Waals surface area contributed by atoms with Crippen LogP contribution in [-0.2, 0) is 12.0 Å². The Labute approximate surface area is 159 Å². The molecule has 1 saturated heterocycles. The molecule has 0 aliphatic carbocycles. The average Bonchev–Trinajstić information content (AvgIpc) is 3.11. The largest absolute Gasteiger partial charge is 0.395 e. The van der Waals surface area contributed by atoms with Crippen molar-refractivity contribution in [1.29, 1.82) is 0 Å². The number of aromatic nitrogens is 2. The summed E-state index contributed by atoms with van der Waals surface area (Å²) in [4.78, 5) is 19.5. The molecule has 27 heavy (non-hydrogen) atoms. The van der Waals surface area contributed by atoms with Gasteiger partial charge in [-0.25, -0.2) is 4.98 Å². The number of benzene rings is 2. The van der Waals surface area contributed by atoms with Crippen LogP contribution in [0.1, 0.15) is 35.7 Å². The van der Waals surface area contributed by atoms with Gasteiger partial charge < -0.3 is 14.6 Å². The van der Waals surface area contributed by atoms with Gasteiger partial charge in [-0.2, -0.15) is 0 Å². The second-order valence-electron chi connectivity index (χ2n) is 7.62. The minimum Gasteiger partial charge on any atom is -0.395 e. The van der Waals surface area contributed by atoms with Crippen LogP contribution in [0.2, 0.25) is 0 Å². The van der Waals surface area contributed by atoms with E-state index in [2.05, 4.69) is 36.2 Å². The number of imidazole rings is 1. The van der Waals surface area contributed by atoms with Crippen LogP contribution in [0.5, 0.6) is 0 Å². The molecular formula is C22H25N3O2. The van der Waals surface area contributed by atoms with E-state index < -0.39 is 0 Å². The SMILES string of the molecule is CC1(c2ccccc2)CCCN(C(=O)c2ccc3c(c2)ncn3CCO)C1. The molecule has 1 fully saturated rings. The first-order valence-corrected chi connectivity index (χ1v) is 9.51. The number of likely N-dealkylation sites (tertiary alicyclic amines) is 1. The van der Waals surface area contributed by atoms with Gasteiger partial charge in [-0.1, -0.05) is 37.3 Å². The number of carbonyl (C=O) groups is 1. The minimum atomic E-state index is -0.0119. The van der Waals surface area contributed by atoms with Gasteiger partial charge in [-0.3, -0.25) is 4.79 Å². The van der Waals surface area contributed by atoms with Gasteiger partial charge in [0.1, 0.15) is 0 Å². The van der Waals surface area contributed by atoms with Gasteiger partial charge in [0, 0.05) is 30.6 Å². The Kier molecular flexibility index (Phi) is 4.70. The third-order valence-corrected chi connectivity index (χ3v) is 5.66. The smallest absolute Gasteiger partial charge is 0.253 e. The van der Waals surface area contributed by atoms with Crippen LogP contribution in [-0.4, -0.2) is 45.2 Å². The van der Waals surface area contributed by atoms with E-state index in [1.54, 1.807) is 6.33 Å². The first-order chi connectivity index (χ1) is 13.1. The molecule has 0 saturated carbocycles. The van der Waals surface area contributed by atoms with Gasteiger partial charge in [0.15, 0.2) is 0 Å². The second kappa shape index (κ2) is 7.16. The first kappa shape index (κ1) is 17.7. The Morgan fingerprint density at radius 2 is 2.04 bits per heavy atom. The van der Waals surface area contributed by atoms with Crippen molar-refractivity contribution in [2.45, 2.75) is 31.7 Å². The highest BCUT2D eigenvalue weighted by Crippen LogP contribution is 2.34. The molecule has 5 nitrogen and oxygen atoms in total. The predicted octanol–water partition coefficient (Wildman–Crippen LogP) is 3.22. The van der Waals surface area contributed by atoms with E-state index in [4.69, 9.17) is 5.11 Å². The van der Waals surface area contributed by atoms with Crippen molar-refractivity contribution in [2.24, 2.45) is 0 Å². The third-order valence-electron chi connectivity index (χ3n) is 5.66. The summed E-state index contributed by atoms with van der Waals surface area (Å²) in [5, 5.41) is 9.14. The zero-order valence-corrected chi connectivity index (χ0v) is 15.6.